The summed E-state index contributed by atoms with van der Waals surface area (Å²) in [5.41, 5.74) is 4.28. The molecule has 3 aromatic rings. The summed E-state index contributed by atoms with van der Waals surface area (Å²) in [4.78, 5) is 12.4. The Hall–Kier alpha value is -2.82. The zero-order valence-electron chi connectivity index (χ0n) is 16.8. The van der Waals surface area contributed by atoms with Gasteiger partial charge in [0.1, 0.15) is 12.4 Å². The number of hydrogen-bond donors (Lipinski definition) is 2. The normalized spacial score (nSPS) is 15.7. The van der Waals surface area contributed by atoms with Gasteiger partial charge in [0.15, 0.2) is 0 Å². The van der Waals surface area contributed by atoms with Crippen LogP contribution in [0, 0.1) is 5.92 Å². The molecule has 1 unspecified atom stereocenters. The van der Waals surface area contributed by atoms with Crippen LogP contribution < -0.4 is 15.4 Å². The maximum absolute atomic E-state index is 12.4. The molecule has 0 bridgehead atoms. The number of ether oxygens (including phenoxy) is 1. The highest BCUT2D eigenvalue weighted by Gasteiger charge is 2.20. The molecule has 0 saturated carbocycles. The molecule has 0 aromatic heterocycles. The minimum absolute atomic E-state index is 0. The fourth-order valence-corrected chi connectivity index (χ4v) is 3.57. The number of hydrogen-bond acceptors (Lipinski definition) is 3. The molecule has 1 amide bonds. The van der Waals surface area contributed by atoms with Crippen LogP contribution in [0.2, 0.25) is 0 Å². The molecule has 1 atom stereocenters. The van der Waals surface area contributed by atoms with Crippen molar-refractivity contribution in [1.82, 2.24) is 5.32 Å². The molecular weight excluding hydrogens is 396 g/mol. The molecule has 0 radical (unpaired) electrons. The van der Waals surface area contributed by atoms with E-state index in [9.17, 15) is 4.79 Å². The van der Waals surface area contributed by atoms with Crippen molar-refractivity contribution >= 4 is 24.0 Å². The van der Waals surface area contributed by atoms with Crippen molar-refractivity contribution < 1.29 is 9.53 Å². The van der Waals surface area contributed by atoms with Gasteiger partial charge in [0.2, 0.25) is 5.91 Å². The van der Waals surface area contributed by atoms with Crippen LogP contribution in [0.5, 0.6) is 5.75 Å². The van der Waals surface area contributed by atoms with Crippen molar-refractivity contribution in [2.24, 2.45) is 5.92 Å². The van der Waals surface area contributed by atoms with Gasteiger partial charge in [0, 0.05) is 18.3 Å². The van der Waals surface area contributed by atoms with Gasteiger partial charge in [-0.25, -0.2) is 0 Å². The van der Waals surface area contributed by atoms with E-state index in [1.165, 1.54) is 11.1 Å². The molecule has 1 aliphatic rings. The Kier molecular flexibility index (Phi) is 7.89. The maximum Gasteiger partial charge on any atom is 0.228 e. The first-order valence-electron chi connectivity index (χ1n) is 10.2. The fourth-order valence-electron chi connectivity index (χ4n) is 3.57. The summed E-state index contributed by atoms with van der Waals surface area (Å²) in [7, 11) is 0. The summed E-state index contributed by atoms with van der Waals surface area (Å²) in [6.07, 6.45) is 1.98. The SMILES string of the molecule is Cl.O=C(Nc1cccc(OCc2ccc(-c3ccccc3)cc2)c1)C1CCCNC1. The molecule has 0 aliphatic carbocycles. The zero-order valence-corrected chi connectivity index (χ0v) is 17.7. The van der Waals surface area contributed by atoms with E-state index in [1.807, 2.05) is 42.5 Å². The highest BCUT2D eigenvalue weighted by Crippen LogP contribution is 2.22. The minimum Gasteiger partial charge on any atom is -0.489 e. The number of carbonyl (C=O) groups is 1. The summed E-state index contributed by atoms with van der Waals surface area (Å²) >= 11 is 0. The molecule has 0 spiro atoms. The number of carbonyl (C=O) groups excluding carboxylic acids is 1. The van der Waals surface area contributed by atoms with Crippen LogP contribution in [0.3, 0.4) is 0 Å². The third-order valence-corrected chi connectivity index (χ3v) is 5.24. The van der Waals surface area contributed by atoms with Crippen LogP contribution in [0.15, 0.2) is 78.9 Å². The quantitative estimate of drug-likeness (QED) is 0.567. The summed E-state index contributed by atoms with van der Waals surface area (Å²) in [5.74, 6) is 0.860. The number of halogens is 1. The number of piperidine rings is 1. The Labute approximate surface area is 184 Å². The number of rotatable bonds is 6. The van der Waals surface area contributed by atoms with Crippen molar-refractivity contribution in [3.8, 4) is 16.9 Å². The van der Waals surface area contributed by atoms with Crippen LogP contribution in [-0.2, 0) is 11.4 Å². The molecule has 1 heterocycles. The van der Waals surface area contributed by atoms with Crippen LogP contribution in [-0.4, -0.2) is 19.0 Å². The van der Waals surface area contributed by atoms with Crippen molar-refractivity contribution in [3.05, 3.63) is 84.4 Å². The molecule has 1 saturated heterocycles. The molecule has 156 valence electrons. The van der Waals surface area contributed by atoms with Gasteiger partial charge in [0.25, 0.3) is 0 Å². The Balaban J connectivity index is 0.00000256. The van der Waals surface area contributed by atoms with Gasteiger partial charge in [-0.1, -0.05) is 60.7 Å². The van der Waals surface area contributed by atoms with Crippen LogP contribution in [0.25, 0.3) is 11.1 Å². The lowest BCUT2D eigenvalue weighted by atomic mass is 9.99. The molecule has 1 fully saturated rings. The van der Waals surface area contributed by atoms with Crippen molar-refractivity contribution in [1.29, 1.82) is 0 Å². The van der Waals surface area contributed by atoms with Crippen LogP contribution in [0.1, 0.15) is 18.4 Å². The topological polar surface area (TPSA) is 50.4 Å². The second kappa shape index (κ2) is 10.8. The summed E-state index contributed by atoms with van der Waals surface area (Å²) < 4.78 is 5.94. The van der Waals surface area contributed by atoms with E-state index in [1.54, 1.807) is 0 Å². The molecular formula is C25H27ClN2O2. The van der Waals surface area contributed by atoms with Gasteiger partial charge in [-0.2, -0.15) is 0 Å². The number of amides is 1. The molecule has 3 aromatic carbocycles. The Morgan fingerprint density at radius 3 is 2.47 bits per heavy atom. The third-order valence-electron chi connectivity index (χ3n) is 5.24. The first-order chi connectivity index (χ1) is 14.3. The highest BCUT2D eigenvalue weighted by molar-refractivity contribution is 5.92. The van der Waals surface area contributed by atoms with E-state index < -0.39 is 0 Å². The molecule has 4 nitrogen and oxygen atoms in total. The fraction of sp³-hybridized carbons (Fsp3) is 0.240. The molecule has 4 rings (SSSR count). The van der Waals surface area contributed by atoms with E-state index >= 15 is 0 Å². The van der Waals surface area contributed by atoms with Crippen molar-refractivity contribution in [3.63, 3.8) is 0 Å². The van der Waals surface area contributed by atoms with E-state index in [2.05, 4.69) is 47.0 Å². The van der Waals surface area contributed by atoms with E-state index in [0.717, 1.165) is 42.9 Å². The van der Waals surface area contributed by atoms with Crippen LogP contribution >= 0.6 is 12.4 Å². The minimum atomic E-state index is 0. The van der Waals surface area contributed by atoms with Gasteiger partial charge in [-0.15, -0.1) is 12.4 Å². The molecule has 30 heavy (non-hydrogen) atoms. The number of nitrogens with one attached hydrogen (secondary N) is 2. The zero-order chi connectivity index (χ0) is 19.9. The van der Waals surface area contributed by atoms with Crippen molar-refractivity contribution in [2.75, 3.05) is 18.4 Å². The first-order valence-corrected chi connectivity index (χ1v) is 10.2. The molecule has 2 N–H and O–H groups in total. The van der Waals surface area contributed by atoms with E-state index in [0.29, 0.717) is 6.61 Å². The summed E-state index contributed by atoms with van der Waals surface area (Å²) in [6.45, 7) is 2.24. The van der Waals surface area contributed by atoms with E-state index in [-0.39, 0.29) is 24.2 Å². The van der Waals surface area contributed by atoms with Crippen LogP contribution in [0.4, 0.5) is 5.69 Å². The largest absolute Gasteiger partial charge is 0.489 e. The van der Waals surface area contributed by atoms with Gasteiger partial charge in [-0.05, 0) is 48.2 Å². The predicted molar refractivity (Wildman–Crippen MR) is 124 cm³/mol. The lowest BCUT2D eigenvalue weighted by Crippen LogP contribution is -2.37. The summed E-state index contributed by atoms with van der Waals surface area (Å²) in [5, 5.41) is 6.30. The molecule has 5 heteroatoms. The van der Waals surface area contributed by atoms with Gasteiger partial charge >= 0.3 is 0 Å². The molecule has 1 aliphatic heterocycles. The monoisotopic (exact) mass is 422 g/mol. The average molecular weight is 423 g/mol. The van der Waals surface area contributed by atoms with Gasteiger partial charge in [0.05, 0.1) is 5.92 Å². The lowest BCUT2D eigenvalue weighted by molar-refractivity contribution is -0.120. The van der Waals surface area contributed by atoms with Gasteiger partial charge in [-0.3, -0.25) is 4.79 Å². The Morgan fingerprint density at radius 1 is 0.967 bits per heavy atom. The second-order valence-electron chi connectivity index (χ2n) is 7.41. The van der Waals surface area contributed by atoms with Crippen molar-refractivity contribution in [2.45, 2.75) is 19.4 Å². The third kappa shape index (κ3) is 5.85. The van der Waals surface area contributed by atoms with E-state index in [4.69, 9.17) is 4.74 Å². The maximum atomic E-state index is 12.4. The Bertz CT molecular complexity index is 939. The summed E-state index contributed by atoms with van der Waals surface area (Å²) in [6, 6.07) is 26.3. The standard InChI is InChI=1S/C25H26N2O2.ClH/c28-25(22-8-5-15-26-17-22)27-23-9-4-10-24(16-23)29-18-19-11-13-21(14-12-19)20-6-2-1-3-7-20;/h1-4,6-7,9-14,16,22,26H,5,8,15,17-18H2,(H,27,28);1H. The number of benzene rings is 3. The average Bonchev–Trinajstić information content (AvgIpc) is 2.79. The highest BCUT2D eigenvalue weighted by atomic mass is 35.5. The van der Waals surface area contributed by atoms with Gasteiger partial charge < -0.3 is 15.4 Å². The lowest BCUT2D eigenvalue weighted by Gasteiger charge is -2.22. The first kappa shape index (κ1) is 21.9. The Morgan fingerprint density at radius 2 is 1.73 bits per heavy atom. The predicted octanol–water partition coefficient (Wildman–Crippen LogP) is 5.29. The smallest absolute Gasteiger partial charge is 0.228 e. The number of anilines is 1. The second-order valence-corrected chi connectivity index (χ2v) is 7.41.